The molecule has 0 rings (SSSR count). The lowest BCUT2D eigenvalue weighted by atomic mass is 10.0. The molecule has 3 N–H and O–H groups in total. The van der Waals surface area contributed by atoms with Crippen molar-refractivity contribution in [3.63, 3.8) is 0 Å². The predicted octanol–water partition coefficient (Wildman–Crippen LogP) is 16.7. The maximum Gasteiger partial charge on any atom is 0.306 e. The van der Waals surface area contributed by atoms with Gasteiger partial charge < -0.3 is 20.3 Å². The van der Waals surface area contributed by atoms with Gasteiger partial charge in [0.15, 0.2) is 0 Å². The molecule has 6 heteroatoms. The van der Waals surface area contributed by atoms with E-state index in [-0.39, 0.29) is 24.9 Å². The summed E-state index contributed by atoms with van der Waals surface area (Å²) >= 11 is 0. The third-order valence-corrected chi connectivity index (χ3v) is 12.8. The highest BCUT2D eigenvalue weighted by atomic mass is 16.5. The number of hydrogen-bond donors (Lipinski definition) is 3. The summed E-state index contributed by atoms with van der Waals surface area (Å²) in [6.07, 6.45) is 58.1. The van der Waals surface area contributed by atoms with Crippen LogP contribution in [-0.4, -0.2) is 46.9 Å². The van der Waals surface area contributed by atoms with Crippen LogP contribution in [0.15, 0.2) is 24.3 Å². The Morgan fingerprint density at radius 3 is 1.26 bits per heavy atom. The molecule has 0 aliphatic heterocycles. The van der Waals surface area contributed by atoms with Crippen molar-refractivity contribution in [2.45, 2.75) is 315 Å². The first-order valence-electron chi connectivity index (χ1n) is 27.6. The minimum atomic E-state index is -0.784. The third kappa shape index (κ3) is 44.9. The molecule has 0 radical (unpaired) electrons. The number of esters is 1. The monoisotopic (exact) mass is 874 g/mol. The van der Waals surface area contributed by atoms with Crippen LogP contribution in [0, 0.1) is 0 Å². The Kier molecular flexibility index (Phi) is 49.0. The Morgan fingerprint density at radius 1 is 0.468 bits per heavy atom. The molecular formula is C56H107NO5. The zero-order valence-corrected chi connectivity index (χ0v) is 41.8. The van der Waals surface area contributed by atoms with Crippen LogP contribution in [0.25, 0.3) is 0 Å². The van der Waals surface area contributed by atoms with Gasteiger partial charge in [-0.1, -0.05) is 251 Å². The molecule has 62 heavy (non-hydrogen) atoms. The van der Waals surface area contributed by atoms with Gasteiger partial charge in [0.1, 0.15) is 6.10 Å². The molecule has 0 aromatic heterocycles. The van der Waals surface area contributed by atoms with E-state index in [2.05, 4.69) is 50.4 Å². The highest BCUT2D eigenvalue weighted by Gasteiger charge is 2.24. The molecule has 0 heterocycles. The van der Waals surface area contributed by atoms with Crippen molar-refractivity contribution >= 4 is 11.9 Å². The Hall–Kier alpha value is -1.66. The highest BCUT2D eigenvalue weighted by molar-refractivity contribution is 5.77. The molecule has 0 spiro atoms. The number of carbonyl (C=O) groups is 2. The van der Waals surface area contributed by atoms with Crippen molar-refractivity contribution in [3.05, 3.63) is 24.3 Å². The minimum Gasteiger partial charge on any atom is -0.462 e. The standard InChI is InChI=1S/C56H107NO5/c1-4-7-10-13-16-19-22-24-26-28-30-32-34-37-40-43-46-49-56(61)62-52(47-44-41-38-35-21-18-15-12-9-6-3)50-55(60)57-53(51-58)54(59)48-45-42-39-36-33-31-29-27-25-23-20-17-14-11-8-5-2/h16,19,24,26,52-54,58-59H,4-15,17-18,20-23,25,27-51H2,1-3H3,(H,57,60)/b19-16-,26-24-. The molecule has 0 aromatic rings. The van der Waals surface area contributed by atoms with E-state index >= 15 is 0 Å². The molecule has 1 amide bonds. The van der Waals surface area contributed by atoms with Crippen molar-refractivity contribution in [1.29, 1.82) is 0 Å². The topological polar surface area (TPSA) is 95.9 Å². The summed E-state index contributed by atoms with van der Waals surface area (Å²) in [4.78, 5) is 26.2. The number of ether oxygens (including phenoxy) is 1. The Labute approximate surface area is 386 Å². The van der Waals surface area contributed by atoms with E-state index in [0.29, 0.717) is 19.3 Å². The van der Waals surface area contributed by atoms with E-state index in [1.165, 1.54) is 193 Å². The molecule has 3 atom stereocenters. The van der Waals surface area contributed by atoms with Crippen LogP contribution < -0.4 is 5.32 Å². The average Bonchev–Trinajstić information content (AvgIpc) is 3.26. The zero-order valence-electron chi connectivity index (χ0n) is 41.8. The average molecular weight is 874 g/mol. The highest BCUT2D eigenvalue weighted by Crippen LogP contribution is 2.18. The Morgan fingerprint density at radius 2 is 0.823 bits per heavy atom. The van der Waals surface area contributed by atoms with Crippen molar-refractivity contribution in [1.82, 2.24) is 5.32 Å². The molecule has 0 fully saturated rings. The van der Waals surface area contributed by atoms with E-state index in [1.54, 1.807) is 0 Å². The van der Waals surface area contributed by atoms with Crippen molar-refractivity contribution in [2.75, 3.05) is 6.61 Å². The van der Waals surface area contributed by atoms with E-state index < -0.39 is 18.2 Å². The van der Waals surface area contributed by atoms with Crippen LogP contribution in [-0.2, 0) is 14.3 Å². The van der Waals surface area contributed by atoms with Crippen LogP contribution in [0.5, 0.6) is 0 Å². The van der Waals surface area contributed by atoms with Gasteiger partial charge in [0.05, 0.1) is 25.2 Å². The summed E-state index contributed by atoms with van der Waals surface area (Å²) in [5, 5.41) is 23.8. The number of rotatable bonds is 50. The van der Waals surface area contributed by atoms with Gasteiger partial charge in [0, 0.05) is 6.42 Å². The van der Waals surface area contributed by atoms with Gasteiger partial charge in [-0.2, -0.15) is 0 Å². The zero-order chi connectivity index (χ0) is 45.2. The second kappa shape index (κ2) is 50.3. The molecule has 0 saturated heterocycles. The number of carbonyl (C=O) groups excluding carboxylic acids is 2. The van der Waals surface area contributed by atoms with Gasteiger partial charge in [-0.15, -0.1) is 0 Å². The lowest BCUT2D eigenvalue weighted by Gasteiger charge is -2.24. The van der Waals surface area contributed by atoms with Crippen LogP contribution in [0.4, 0.5) is 0 Å². The van der Waals surface area contributed by atoms with Crippen LogP contribution in [0.1, 0.15) is 297 Å². The van der Waals surface area contributed by atoms with Crippen LogP contribution >= 0.6 is 0 Å². The number of unbranched alkanes of at least 4 members (excludes halogenated alkanes) is 34. The van der Waals surface area contributed by atoms with Crippen molar-refractivity contribution < 1.29 is 24.5 Å². The largest absolute Gasteiger partial charge is 0.462 e. The first-order chi connectivity index (χ1) is 30.5. The number of amides is 1. The molecule has 0 saturated carbocycles. The van der Waals surface area contributed by atoms with Gasteiger partial charge in [-0.25, -0.2) is 0 Å². The molecule has 0 bridgehead atoms. The predicted molar refractivity (Wildman–Crippen MR) is 269 cm³/mol. The van der Waals surface area contributed by atoms with E-state index in [9.17, 15) is 19.8 Å². The third-order valence-electron chi connectivity index (χ3n) is 12.8. The summed E-state index contributed by atoms with van der Waals surface area (Å²) in [6, 6.07) is -0.698. The molecule has 6 nitrogen and oxygen atoms in total. The van der Waals surface area contributed by atoms with Crippen LogP contribution in [0.3, 0.4) is 0 Å². The SMILES string of the molecule is CCCCC/C=C\C/C=C\CCCCCCCCCC(=O)OC(CCCCCCCCCCCC)CC(=O)NC(CO)C(O)CCCCCCCCCCCCCCCCCC. The molecule has 3 unspecified atom stereocenters. The minimum absolute atomic E-state index is 0.0797. The molecule has 0 aromatic carbocycles. The maximum absolute atomic E-state index is 13.2. The van der Waals surface area contributed by atoms with E-state index in [0.717, 1.165) is 57.8 Å². The molecular weight excluding hydrogens is 767 g/mol. The fraction of sp³-hybridized carbons (Fsp3) is 0.893. The van der Waals surface area contributed by atoms with Gasteiger partial charge in [0.2, 0.25) is 5.91 Å². The number of aliphatic hydroxyl groups excluding tert-OH is 2. The molecule has 0 aliphatic carbocycles. The lowest BCUT2D eigenvalue weighted by Crippen LogP contribution is -2.46. The van der Waals surface area contributed by atoms with Gasteiger partial charge in [0.25, 0.3) is 0 Å². The molecule has 366 valence electrons. The quantitative estimate of drug-likeness (QED) is 0.0321. The number of hydrogen-bond acceptors (Lipinski definition) is 5. The Bertz CT molecular complexity index is 981. The van der Waals surface area contributed by atoms with E-state index in [1.807, 2.05) is 0 Å². The van der Waals surface area contributed by atoms with Gasteiger partial charge in [-0.05, 0) is 57.8 Å². The lowest BCUT2D eigenvalue weighted by molar-refractivity contribution is -0.151. The summed E-state index contributed by atoms with van der Waals surface area (Å²) in [6.45, 7) is 6.48. The second-order valence-electron chi connectivity index (χ2n) is 19.0. The van der Waals surface area contributed by atoms with Gasteiger partial charge >= 0.3 is 5.97 Å². The van der Waals surface area contributed by atoms with Crippen molar-refractivity contribution in [3.8, 4) is 0 Å². The number of allylic oxidation sites excluding steroid dienone is 4. The fourth-order valence-electron chi connectivity index (χ4n) is 8.58. The first kappa shape index (κ1) is 60.3. The normalized spacial score (nSPS) is 13.3. The second-order valence-corrected chi connectivity index (χ2v) is 19.0. The van der Waals surface area contributed by atoms with Crippen molar-refractivity contribution in [2.24, 2.45) is 0 Å². The first-order valence-corrected chi connectivity index (χ1v) is 27.6. The van der Waals surface area contributed by atoms with E-state index in [4.69, 9.17) is 4.74 Å². The summed E-state index contributed by atoms with van der Waals surface area (Å²) in [5.74, 6) is -0.468. The summed E-state index contributed by atoms with van der Waals surface area (Å²) in [7, 11) is 0. The number of nitrogens with one attached hydrogen (secondary N) is 1. The fourth-order valence-corrected chi connectivity index (χ4v) is 8.58. The maximum atomic E-state index is 13.2. The van der Waals surface area contributed by atoms with Gasteiger partial charge in [-0.3, -0.25) is 9.59 Å². The Balaban J connectivity index is 4.43. The summed E-state index contributed by atoms with van der Waals surface area (Å²) < 4.78 is 5.94. The number of aliphatic hydroxyl groups is 2. The molecule has 0 aliphatic rings. The van der Waals surface area contributed by atoms with Crippen LogP contribution in [0.2, 0.25) is 0 Å². The summed E-state index contributed by atoms with van der Waals surface area (Å²) in [5.41, 5.74) is 0. The smallest absolute Gasteiger partial charge is 0.306 e.